The SMILES string of the molecule is COc1cccc(CN2Cc3cc(NC(=O)Cc4ccc(F)cc4)ccc3OCC2=O)c1OC. The van der Waals surface area contributed by atoms with E-state index >= 15 is 0 Å². The van der Waals surface area contributed by atoms with E-state index in [9.17, 15) is 14.0 Å². The second-order valence-electron chi connectivity index (χ2n) is 7.87. The Balaban J connectivity index is 1.50. The molecular formula is C26H25FN2O5. The summed E-state index contributed by atoms with van der Waals surface area (Å²) in [7, 11) is 3.12. The van der Waals surface area contributed by atoms with Crippen molar-refractivity contribution < 1.29 is 28.2 Å². The number of hydrogen-bond acceptors (Lipinski definition) is 5. The van der Waals surface area contributed by atoms with Gasteiger partial charge in [-0.25, -0.2) is 4.39 Å². The number of benzene rings is 3. The fourth-order valence-corrected chi connectivity index (χ4v) is 3.87. The van der Waals surface area contributed by atoms with Gasteiger partial charge in [-0.1, -0.05) is 24.3 Å². The molecule has 1 aliphatic heterocycles. The first-order chi connectivity index (χ1) is 16.5. The first-order valence-electron chi connectivity index (χ1n) is 10.7. The average Bonchev–Trinajstić information content (AvgIpc) is 2.98. The molecule has 0 bridgehead atoms. The van der Waals surface area contributed by atoms with E-state index in [2.05, 4.69) is 5.32 Å². The van der Waals surface area contributed by atoms with Crippen molar-refractivity contribution in [2.45, 2.75) is 19.5 Å². The highest BCUT2D eigenvalue weighted by molar-refractivity contribution is 5.92. The maximum Gasteiger partial charge on any atom is 0.261 e. The minimum atomic E-state index is -0.347. The van der Waals surface area contributed by atoms with E-state index in [-0.39, 0.29) is 30.7 Å². The molecule has 0 fully saturated rings. The average molecular weight is 464 g/mol. The molecular weight excluding hydrogens is 439 g/mol. The lowest BCUT2D eigenvalue weighted by molar-refractivity contribution is -0.133. The summed E-state index contributed by atoms with van der Waals surface area (Å²) < 4.78 is 29.7. The van der Waals surface area contributed by atoms with Crippen LogP contribution in [0.2, 0.25) is 0 Å². The molecule has 1 N–H and O–H groups in total. The number of hydrogen-bond donors (Lipinski definition) is 1. The lowest BCUT2D eigenvalue weighted by Crippen LogP contribution is -2.32. The zero-order chi connectivity index (χ0) is 24.1. The molecule has 2 amide bonds. The van der Waals surface area contributed by atoms with Crippen molar-refractivity contribution in [2.24, 2.45) is 0 Å². The molecule has 0 atom stereocenters. The van der Waals surface area contributed by atoms with Gasteiger partial charge in [0, 0.05) is 29.9 Å². The topological polar surface area (TPSA) is 77.1 Å². The number of nitrogens with one attached hydrogen (secondary N) is 1. The van der Waals surface area contributed by atoms with Crippen LogP contribution in [0.1, 0.15) is 16.7 Å². The Morgan fingerprint density at radius 1 is 1.09 bits per heavy atom. The number of halogens is 1. The van der Waals surface area contributed by atoms with Gasteiger partial charge in [-0.05, 0) is 42.0 Å². The minimum Gasteiger partial charge on any atom is -0.493 e. The van der Waals surface area contributed by atoms with Gasteiger partial charge in [-0.2, -0.15) is 0 Å². The lowest BCUT2D eigenvalue weighted by Gasteiger charge is -2.22. The largest absolute Gasteiger partial charge is 0.493 e. The standard InChI is InChI=1S/C26H25FN2O5/c1-32-23-5-3-4-18(26(23)33-2)14-29-15-19-13-21(10-11-22(19)34-16-25(29)31)28-24(30)12-17-6-8-20(27)9-7-17/h3-11,13H,12,14-16H2,1-2H3,(H,28,30). The van der Waals surface area contributed by atoms with E-state index in [4.69, 9.17) is 14.2 Å². The number of anilines is 1. The predicted molar refractivity (Wildman–Crippen MR) is 124 cm³/mol. The second kappa shape index (κ2) is 10.2. The van der Waals surface area contributed by atoms with Crippen molar-refractivity contribution >= 4 is 17.5 Å². The molecule has 0 aromatic heterocycles. The van der Waals surface area contributed by atoms with Crippen LogP contribution >= 0.6 is 0 Å². The van der Waals surface area contributed by atoms with Crippen LogP contribution in [0.5, 0.6) is 17.2 Å². The van der Waals surface area contributed by atoms with E-state index in [1.54, 1.807) is 55.5 Å². The molecule has 3 aromatic rings. The van der Waals surface area contributed by atoms with Crippen LogP contribution in [0.25, 0.3) is 0 Å². The lowest BCUT2D eigenvalue weighted by atomic mass is 10.1. The van der Waals surface area contributed by atoms with Crippen molar-refractivity contribution in [3.63, 3.8) is 0 Å². The van der Waals surface area contributed by atoms with E-state index in [0.717, 1.165) is 11.1 Å². The monoisotopic (exact) mass is 464 g/mol. The van der Waals surface area contributed by atoms with Crippen LogP contribution in [0.3, 0.4) is 0 Å². The van der Waals surface area contributed by atoms with Gasteiger partial charge in [0.15, 0.2) is 18.1 Å². The van der Waals surface area contributed by atoms with Crippen molar-refractivity contribution in [1.29, 1.82) is 0 Å². The number of rotatable bonds is 7. The zero-order valence-electron chi connectivity index (χ0n) is 19.0. The Kier molecular flexibility index (Phi) is 6.96. The van der Waals surface area contributed by atoms with Crippen LogP contribution in [0, 0.1) is 5.82 Å². The summed E-state index contributed by atoms with van der Waals surface area (Å²) in [5.74, 6) is 1.01. The van der Waals surface area contributed by atoms with Crippen molar-refractivity contribution in [3.8, 4) is 17.2 Å². The number of carbonyl (C=O) groups excluding carboxylic acids is 2. The smallest absolute Gasteiger partial charge is 0.261 e. The molecule has 0 aliphatic carbocycles. The van der Waals surface area contributed by atoms with Gasteiger partial charge in [-0.3, -0.25) is 9.59 Å². The van der Waals surface area contributed by atoms with Gasteiger partial charge in [0.2, 0.25) is 5.91 Å². The molecule has 0 saturated heterocycles. The summed E-state index contributed by atoms with van der Waals surface area (Å²) in [6.45, 7) is 0.523. The number of amides is 2. The molecule has 0 saturated carbocycles. The van der Waals surface area contributed by atoms with Crippen LogP contribution in [0.15, 0.2) is 60.7 Å². The van der Waals surface area contributed by atoms with E-state index < -0.39 is 0 Å². The third-order valence-corrected chi connectivity index (χ3v) is 5.53. The Morgan fingerprint density at radius 3 is 2.62 bits per heavy atom. The van der Waals surface area contributed by atoms with E-state index in [1.165, 1.54) is 12.1 Å². The normalized spacial score (nSPS) is 12.9. The molecule has 0 spiro atoms. The molecule has 0 unspecified atom stereocenters. The van der Waals surface area contributed by atoms with Crippen molar-refractivity contribution in [3.05, 3.63) is 83.2 Å². The first kappa shape index (κ1) is 23.1. The van der Waals surface area contributed by atoms with Crippen LogP contribution in [0.4, 0.5) is 10.1 Å². The van der Waals surface area contributed by atoms with E-state index in [1.807, 2.05) is 12.1 Å². The molecule has 1 aliphatic rings. The summed E-state index contributed by atoms with van der Waals surface area (Å²) in [4.78, 5) is 26.9. The molecule has 1 heterocycles. The number of fused-ring (bicyclic) bond motifs is 1. The molecule has 34 heavy (non-hydrogen) atoms. The van der Waals surface area contributed by atoms with Gasteiger partial charge in [0.05, 0.1) is 20.6 Å². The Bertz CT molecular complexity index is 1200. The number of nitrogens with zero attached hydrogens (tertiary/aromatic N) is 1. The van der Waals surface area contributed by atoms with Gasteiger partial charge in [0.25, 0.3) is 5.91 Å². The highest BCUT2D eigenvalue weighted by Gasteiger charge is 2.24. The second-order valence-corrected chi connectivity index (χ2v) is 7.87. The van der Waals surface area contributed by atoms with Gasteiger partial charge in [0.1, 0.15) is 11.6 Å². The zero-order valence-corrected chi connectivity index (χ0v) is 19.0. The maximum atomic E-state index is 13.1. The number of carbonyl (C=O) groups is 2. The highest BCUT2D eigenvalue weighted by Crippen LogP contribution is 2.33. The molecule has 7 nitrogen and oxygen atoms in total. The fourth-order valence-electron chi connectivity index (χ4n) is 3.87. The van der Waals surface area contributed by atoms with Crippen molar-refractivity contribution in [1.82, 2.24) is 4.90 Å². The molecule has 3 aromatic carbocycles. The minimum absolute atomic E-state index is 0.0877. The first-order valence-corrected chi connectivity index (χ1v) is 10.7. The van der Waals surface area contributed by atoms with Gasteiger partial charge < -0.3 is 24.4 Å². The molecule has 176 valence electrons. The summed E-state index contributed by atoms with van der Waals surface area (Å²) in [6, 6.07) is 16.6. The fraction of sp³-hybridized carbons (Fsp3) is 0.231. The Morgan fingerprint density at radius 2 is 1.88 bits per heavy atom. The van der Waals surface area contributed by atoms with Crippen LogP contribution < -0.4 is 19.5 Å². The summed E-state index contributed by atoms with van der Waals surface area (Å²) in [6.07, 6.45) is 0.119. The quantitative estimate of drug-likeness (QED) is 0.573. The molecule has 8 heteroatoms. The molecule has 0 radical (unpaired) electrons. The van der Waals surface area contributed by atoms with Crippen LogP contribution in [-0.2, 0) is 29.1 Å². The predicted octanol–water partition coefficient (Wildman–Crippen LogP) is 3.95. The summed E-state index contributed by atoms with van der Waals surface area (Å²) in [5.41, 5.74) is 2.87. The van der Waals surface area contributed by atoms with Crippen molar-refractivity contribution in [2.75, 3.05) is 26.1 Å². The van der Waals surface area contributed by atoms with Crippen LogP contribution in [-0.4, -0.2) is 37.5 Å². The Labute approximate surface area is 197 Å². The number of para-hydroxylation sites is 1. The summed E-state index contributed by atoms with van der Waals surface area (Å²) in [5, 5.41) is 2.86. The third kappa shape index (κ3) is 5.28. The van der Waals surface area contributed by atoms with E-state index in [0.29, 0.717) is 41.6 Å². The maximum absolute atomic E-state index is 13.1. The number of methoxy groups -OCH3 is 2. The Hall–Kier alpha value is -4.07. The number of ether oxygens (including phenoxy) is 3. The van der Waals surface area contributed by atoms with Gasteiger partial charge in [-0.15, -0.1) is 0 Å². The third-order valence-electron chi connectivity index (χ3n) is 5.53. The highest BCUT2D eigenvalue weighted by atomic mass is 19.1. The molecule has 4 rings (SSSR count). The summed E-state index contributed by atoms with van der Waals surface area (Å²) >= 11 is 0. The van der Waals surface area contributed by atoms with Gasteiger partial charge >= 0.3 is 0 Å².